The minimum atomic E-state index is 0.716. The zero-order chi connectivity index (χ0) is 9.10. The molecule has 1 nitrogen and oxygen atoms in total. The Morgan fingerprint density at radius 2 is 2.08 bits per heavy atom. The summed E-state index contributed by atoms with van der Waals surface area (Å²) in [4.78, 5) is 0. The van der Waals surface area contributed by atoms with Gasteiger partial charge in [0.25, 0.3) is 0 Å². The molecule has 0 N–H and O–H groups in total. The molecule has 66 valence electrons. The topological polar surface area (TPSA) is 23.8 Å². The first kappa shape index (κ1) is 8.31. The first-order valence-electron chi connectivity index (χ1n) is 4.83. The molecule has 1 aromatic rings. The highest BCUT2D eigenvalue weighted by molar-refractivity contribution is 5.25. The fourth-order valence-corrected chi connectivity index (χ4v) is 1.93. The van der Waals surface area contributed by atoms with Crippen LogP contribution in [-0.4, -0.2) is 0 Å². The molecule has 1 aliphatic rings. The maximum Gasteiger partial charge on any atom is 0.0621 e. The summed E-state index contributed by atoms with van der Waals surface area (Å²) in [7, 11) is 0. The number of benzene rings is 1. The maximum atomic E-state index is 8.45. The smallest absolute Gasteiger partial charge is 0.0621 e. The molecule has 2 rings (SSSR count). The summed E-state index contributed by atoms with van der Waals surface area (Å²) in [5, 5.41) is 8.45. The molecule has 13 heavy (non-hydrogen) atoms. The molecule has 0 heterocycles. The lowest BCUT2D eigenvalue weighted by atomic mass is 10.1. The molecule has 1 aromatic carbocycles. The second-order valence-electron chi connectivity index (χ2n) is 3.71. The zero-order valence-electron chi connectivity index (χ0n) is 7.61. The highest BCUT2D eigenvalue weighted by atomic mass is 14.4. The van der Waals surface area contributed by atoms with Gasteiger partial charge in [-0.1, -0.05) is 30.3 Å². The summed E-state index contributed by atoms with van der Waals surface area (Å²) in [6.45, 7) is 0. The van der Waals surface area contributed by atoms with E-state index in [0.717, 1.165) is 18.3 Å². The van der Waals surface area contributed by atoms with E-state index >= 15 is 0 Å². The van der Waals surface area contributed by atoms with Crippen LogP contribution >= 0.6 is 0 Å². The second-order valence-corrected chi connectivity index (χ2v) is 3.71. The number of nitriles is 1. The van der Waals surface area contributed by atoms with Gasteiger partial charge in [0.05, 0.1) is 6.07 Å². The van der Waals surface area contributed by atoms with Crippen molar-refractivity contribution in [3.63, 3.8) is 0 Å². The molecule has 0 saturated heterocycles. The number of hydrogen-bond donors (Lipinski definition) is 0. The van der Waals surface area contributed by atoms with E-state index < -0.39 is 0 Å². The van der Waals surface area contributed by atoms with Gasteiger partial charge in [-0.15, -0.1) is 0 Å². The number of hydrogen-bond acceptors (Lipinski definition) is 1. The van der Waals surface area contributed by atoms with Crippen LogP contribution in [0.25, 0.3) is 0 Å². The van der Waals surface area contributed by atoms with E-state index in [2.05, 4.69) is 36.4 Å². The van der Waals surface area contributed by atoms with Crippen molar-refractivity contribution in [1.29, 1.82) is 5.26 Å². The van der Waals surface area contributed by atoms with Crippen molar-refractivity contribution in [1.82, 2.24) is 0 Å². The lowest BCUT2D eigenvalue weighted by Crippen LogP contribution is -1.82. The molecular formula is C12H13N. The monoisotopic (exact) mass is 171 g/mol. The fraction of sp³-hybridized carbons (Fsp3) is 0.417. The normalized spacial score (nSPS) is 25.2. The zero-order valence-corrected chi connectivity index (χ0v) is 7.61. The molecule has 1 fully saturated rings. The molecule has 1 saturated carbocycles. The Labute approximate surface area is 79.0 Å². The Bertz CT molecular complexity index is 310. The SMILES string of the molecule is N#CCC[C@@H]1C[C@@H]1c1ccccc1. The average Bonchev–Trinajstić information content (AvgIpc) is 2.95. The third-order valence-corrected chi connectivity index (χ3v) is 2.78. The standard InChI is InChI=1S/C12H13N/c13-8-4-7-11-9-12(11)10-5-2-1-3-6-10/h1-3,5-6,11-12H,4,7,9H2/t11-,12-/m1/s1. The Kier molecular flexibility index (Phi) is 2.31. The van der Waals surface area contributed by atoms with Crippen molar-refractivity contribution in [3.8, 4) is 6.07 Å². The van der Waals surface area contributed by atoms with Crippen molar-refractivity contribution in [3.05, 3.63) is 35.9 Å². The largest absolute Gasteiger partial charge is 0.198 e. The quantitative estimate of drug-likeness (QED) is 0.685. The van der Waals surface area contributed by atoms with Crippen molar-refractivity contribution in [2.75, 3.05) is 0 Å². The van der Waals surface area contributed by atoms with Crippen LogP contribution in [0, 0.1) is 17.2 Å². The van der Waals surface area contributed by atoms with Gasteiger partial charge >= 0.3 is 0 Å². The summed E-state index contributed by atoms with van der Waals surface area (Å²) in [5.74, 6) is 1.52. The van der Waals surface area contributed by atoms with Gasteiger partial charge in [-0.2, -0.15) is 5.26 Å². The van der Waals surface area contributed by atoms with Crippen molar-refractivity contribution in [2.45, 2.75) is 25.2 Å². The predicted octanol–water partition coefficient (Wildman–Crippen LogP) is 3.09. The third kappa shape index (κ3) is 1.89. The van der Waals surface area contributed by atoms with Crippen LogP contribution in [0.1, 0.15) is 30.7 Å². The molecule has 0 spiro atoms. The summed E-state index contributed by atoms with van der Waals surface area (Å²) in [6, 6.07) is 12.8. The van der Waals surface area contributed by atoms with Gasteiger partial charge in [-0.3, -0.25) is 0 Å². The summed E-state index contributed by atoms with van der Waals surface area (Å²) < 4.78 is 0. The van der Waals surface area contributed by atoms with Crippen LogP contribution < -0.4 is 0 Å². The Hall–Kier alpha value is -1.29. The molecule has 0 aliphatic heterocycles. The summed E-state index contributed by atoms with van der Waals surface area (Å²) >= 11 is 0. The van der Waals surface area contributed by atoms with Gasteiger partial charge in [0.1, 0.15) is 0 Å². The van der Waals surface area contributed by atoms with Gasteiger partial charge < -0.3 is 0 Å². The molecular weight excluding hydrogens is 158 g/mol. The molecule has 1 heteroatoms. The van der Waals surface area contributed by atoms with E-state index in [0.29, 0.717) is 6.42 Å². The van der Waals surface area contributed by atoms with E-state index in [1.165, 1.54) is 12.0 Å². The van der Waals surface area contributed by atoms with E-state index in [9.17, 15) is 0 Å². The highest BCUT2D eigenvalue weighted by Gasteiger charge is 2.37. The Morgan fingerprint density at radius 1 is 1.31 bits per heavy atom. The number of rotatable bonds is 3. The van der Waals surface area contributed by atoms with Gasteiger partial charge in [0, 0.05) is 6.42 Å². The Balaban J connectivity index is 1.90. The number of nitrogens with zero attached hydrogens (tertiary/aromatic N) is 1. The van der Waals surface area contributed by atoms with E-state index in [1.807, 2.05) is 0 Å². The predicted molar refractivity (Wildman–Crippen MR) is 52.1 cm³/mol. The van der Waals surface area contributed by atoms with Gasteiger partial charge in [-0.25, -0.2) is 0 Å². The van der Waals surface area contributed by atoms with Gasteiger partial charge in [0.15, 0.2) is 0 Å². The molecule has 1 aliphatic carbocycles. The maximum absolute atomic E-state index is 8.45. The second kappa shape index (κ2) is 3.62. The Morgan fingerprint density at radius 3 is 2.77 bits per heavy atom. The van der Waals surface area contributed by atoms with Crippen LogP contribution in [0.2, 0.25) is 0 Å². The van der Waals surface area contributed by atoms with Crippen LogP contribution in [0.15, 0.2) is 30.3 Å². The van der Waals surface area contributed by atoms with Crippen molar-refractivity contribution >= 4 is 0 Å². The average molecular weight is 171 g/mol. The first-order valence-corrected chi connectivity index (χ1v) is 4.83. The van der Waals surface area contributed by atoms with Crippen molar-refractivity contribution in [2.24, 2.45) is 5.92 Å². The first-order chi connectivity index (χ1) is 6.42. The molecule has 0 unspecified atom stereocenters. The van der Waals surface area contributed by atoms with E-state index in [4.69, 9.17) is 5.26 Å². The minimum absolute atomic E-state index is 0.716. The molecule has 0 radical (unpaired) electrons. The fourth-order valence-electron chi connectivity index (χ4n) is 1.93. The molecule has 0 amide bonds. The van der Waals surface area contributed by atoms with Gasteiger partial charge in [-0.05, 0) is 30.2 Å². The van der Waals surface area contributed by atoms with E-state index in [1.54, 1.807) is 0 Å². The van der Waals surface area contributed by atoms with Gasteiger partial charge in [0.2, 0.25) is 0 Å². The van der Waals surface area contributed by atoms with Crippen LogP contribution in [0.3, 0.4) is 0 Å². The lowest BCUT2D eigenvalue weighted by Gasteiger charge is -1.97. The molecule has 0 aromatic heterocycles. The highest BCUT2D eigenvalue weighted by Crippen LogP contribution is 2.49. The van der Waals surface area contributed by atoms with E-state index in [-0.39, 0.29) is 0 Å². The van der Waals surface area contributed by atoms with Crippen molar-refractivity contribution < 1.29 is 0 Å². The molecule has 2 atom stereocenters. The molecule has 0 bridgehead atoms. The van der Waals surface area contributed by atoms with Crippen LogP contribution in [-0.2, 0) is 0 Å². The van der Waals surface area contributed by atoms with Crippen LogP contribution in [0.5, 0.6) is 0 Å². The summed E-state index contributed by atoms with van der Waals surface area (Å²) in [6.07, 6.45) is 3.08. The minimum Gasteiger partial charge on any atom is -0.198 e. The van der Waals surface area contributed by atoms with Crippen LogP contribution in [0.4, 0.5) is 0 Å². The third-order valence-electron chi connectivity index (χ3n) is 2.78. The summed E-state index contributed by atoms with van der Waals surface area (Å²) in [5.41, 5.74) is 1.45. The lowest BCUT2D eigenvalue weighted by molar-refractivity contribution is 0.722.